The van der Waals surface area contributed by atoms with Crippen molar-refractivity contribution in [2.45, 2.75) is 0 Å². The third-order valence-corrected chi connectivity index (χ3v) is 4.98. The number of amides is 1. The van der Waals surface area contributed by atoms with Gasteiger partial charge < -0.3 is 5.32 Å². The van der Waals surface area contributed by atoms with E-state index in [1.165, 1.54) is 6.20 Å². The quantitative estimate of drug-likeness (QED) is 0.503. The van der Waals surface area contributed by atoms with Gasteiger partial charge in [-0.1, -0.05) is 23.7 Å². The number of hydrogen-bond acceptors (Lipinski definition) is 4. The molecule has 0 fully saturated rings. The topological polar surface area (TPSA) is 54.9 Å². The molecule has 122 valence electrons. The van der Waals surface area contributed by atoms with Gasteiger partial charge in [0.25, 0.3) is 5.91 Å². The average Bonchev–Trinajstić information content (AvgIpc) is 3.07. The monoisotopic (exact) mass is 365 g/mol. The molecule has 1 N–H and O–H groups in total. The minimum Gasteiger partial charge on any atom is -0.322 e. The summed E-state index contributed by atoms with van der Waals surface area (Å²) in [6.07, 6.45) is 1.45. The molecular formula is C19H12ClN3OS. The van der Waals surface area contributed by atoms with Gasteiger partial charge in [-0.05, 0) is 48.5 Å². The van der Waals surface area contributed by atoms with Crippen LogP contribution in [0.3, 0.4) is 0 Å². The zero-order valence-electron chi connectivity index (χ0n) is 12.9. The molecule has 0 radical (unpaired) electrons. The predicted octanol–water partition coefficient (Wildman–Crippen LogP) is 5.26. The van der Waals surface area contributed by atoms with Gasteiger partial charge >= 0.3 is 0 Å². The Hall–Kier alpha value is -2.76. The van der Waals surface area contributed by atoms with Crippen molar-refractivity contribution in [1.82, 2.24) is 9.97 Å². The Bertz CT molecular complexity index is 1010. The van der Waals surface area contributed by atoms with Crippen LogP contribution in [0.5, 0.6) is 0 Å². The molecule has 2 aromatic heterocycles. The fraction of sp³-hybridized carbons (Fsp3) is 0. The molecule has 0 aliphatic heterocycles. The van der Waals surface area contributed by atoms with E-state index in [2.05, 4.69) is 21.4 Å². The van der Waals surface area contributed by atoms with Crippen LogP contribution in [0, 0.1) is 0 Å². The van der Waals surface area contributed by atoms with E-state index in [-0.39, 0.29) is 5.91 Å². The number of aromatic nitrogens is 2. The molecule has 4 nitrogen and oxygen atoms in total. The van der Waals surface area contributed by atoms with Gasteiger partial charge in [0, 0.05) is 17.4 Å². The summed E-state index contributed by atoms with van der Waals surface area (Å²) in [5, 5.41) is 4.16. The number of pyridine rings is 1. The van der Waals surface area contributed by atoms with E-state index >= 15 is 0 Å². The van der Waals surface area contributed by atoms with Gasteiger partial charge in [-0.3, -0.25) is 4.79 Å². The molecule has 0 bridgehead atoms. The fourth-order valence-electron chi connectivity index (χ4n) is 2.41. The lowest BCUT2D eigenvalue weighted by Gasteiger charge is -2.05. The Balaban J connectivity index is 1.53. The average molecular weight is 366 g/mol. The minimum absolute atomic E-state index is 0.225. The molecule has 0 saturated heterocycles. The van der Waals surface area contributed by atoms with Crippen LogP contribution in [0.2, 0.25) is 5.15 Å². The molecule has 2 heterocycles. The molecule has 6 heteroatoms. The summed E-state index contributed by atoms with van der Waals surface area (Å²) in [5.41, 5.74) is 3.19. The van der Waals surface area contributed by atoms with Crippen molar-refractivity contribution >= 4 is 44.7 Å². The van der Waals surface area contributed by atoms with Gasteiger partial charge in [-0.2, -0.15) is 0 Å². The van der Waals surface area contributed by atoms with Crippen LogP contribution in [0.4, 0.5) is 5.69 Å². The van der Waals surface area contributed by atoms with Crippen LogP contribution in [-0.2, 0) is 0 Å². The first-order valence-electron chi connectivity index (χ1n) is 7.58. The van der Waals surface area contributed by atoms with Gasteiger partial charge in [0.05, 0.1) is 15.8 Å². The molecular weight excluding hydrogens is 354 g/mol. The molecule has 4 rings (SSSR count). The van der Waals surface area contributed by atoms with E-state index < -0.39 is 0 Å². The summed E-state index contributed by atoms with van der Waals surface area (Å²) in [4.78, 5) is 20.7. The second-order valence-corrected chi connectivity index (χ2v) is 6.81. The number of thiazole rings is 1. The Morgan fingerprint density at radius 2 is 1.80 bits per heavy atom. The number of halogens is 1. The summed E-state index contributed by atoms with van der Waals surface area (Å²) >= 11 is 7.38. The Morgan fingerprint density at radius 1 is 1.00 bits per heavy atom. The summed E-state index contributed by atoms with van der Waals surface area (Å²) < 4.78 is 1.16. The SMILES string of the molecule is O=C(Nc1ccc(-c2nc3ccccc3s2)cc1)c1ccc(Cl)nc1. The molecule has 0 unspecified atom stereocenters. The molecule has 0 atom stereocenters. The molecule has 0 aliphatic rings. The van der Waals surface area contributed by atoms with Gasteiger partial charge in [0.2, 0.25) is 0 Å². The molecule has 0 saturated carbocycles. The number of rotatable bonds is 3. The summed E-state index contributed by atoms with van der Waals surface area (Å²) in [7, 11) is 0. The molecule has 1 amide bonds. The highest BCUT2D eigenvalue weighted by Gasteiger charge is 2.08. The number of fused-ring (bicyclic) bond motifs is 1. The highest BCUT2D eigenvalue weighted by atomic mass is 35.5. The van der Waals surface area contributed by atoms with Crippen molar-refractivity contribution in [2.24, 2.45) is 0 Å². The minimum atomic E-state index is -0.225. The third kappa shape index (κ3) is 3.38. The Morgan fingerprint density at radius 3 is 2.52 bits per heavy atom. The van der Waals surface area contributed by atoms with Crippen LogP contribution in [0.25, 0.3) is 20.8 Å². The summed E-state index contributed by atoms with van der Waals surface area (Å²) in [6.45, 7) is 0. The number of carbonyl (C=O) groups excluding carboxylic acids is 1. The standard InChI is InChI=1S/C19H12ClN3OS/c20-17-10-7-13(11-21-17)18(24)22-14-8-5-12(6-9-14)19-23-15-3-1-2-4-16(15)25-19/h1-11H,(H,22,24). The van der Waals surface area contributed by atoms with Crippen LogP contribution in [0.15, 0.2) is 66.9 Å². The zero-order valence-corrected chi connectivity index (χ0v) is 14.5. The van der Waals surface area contributed by atoms with Crippen molar-refractivity contribution in [3.05, 3.63) is 77.6 Å². The first kappa shape index (κ1) is 15.7. The van der Waals surface area contributed by atoms with E-state index in [0.29, 0.717) is 16.4 Å². The number of hydrogen-bond donors (Lipinski definition) is 1. The number of para-hydroxylation sites is 1. The lowest BCUT2D eigenvalue weighted by molar-refractivity contribution is 0.102. The molecule has 4 aromatic rings. The van der Waals surface area contributed by atoms with Crippen LogP contribution < -0.4 is 5.32 Å². The Labute approximate surface area is 153 Å². The number of carbonyl (C=O) groups is 1. The Kier molecular flexibility index (Phi) is 4.17. The number of benzene rings is 2. The second kappa shape index (κ2) is 6.63. The molecule has 0 aliphatic carbocycles. The second-order valence-electron chi connectivity index (χ2n) is 5.39. The number of anilines is 1. The van der Waals surface area contributed by atoms with Crippen molar-refractivity contribution < 1.29 is 4.79 Å². The third-order valence-electron chi connectivity index (χ3n) is 3.67. The van der Waals surface area contributed by atoms with Crippen molar-refractivity contribution in [2.75, 3.05) is 5.32 Å². The normalized spacial score (nSPS) is 10.8. The number of nitrogens with one attached hydrogen (secondary N) is 1. The van der Waals surface area contributed by atoms with Gasteiger partial charge in [0.1, 0.15) is 10.2 Å². The van der Waals surface area contributed by atoms with Gasteiger partial charge in [-0.25, -0.2) is 9.97 Å². The first-order valence-corrected chi connectivity index (χ1v) is 8.77. The zero-order chi connectivity index (χ0) is 17.2. The maximum absolute atomic E-state index is 12.2. The van der Waals surface area contributed by atoms with Crippen LogP contribution in [-0.4, -0.2) is 15.9 Å². The van der Waals surface area contributed by atoms with Gasteiger partial charge in [-0.15, -0.1) is 11.3 Å². The smallest absolute Gasteiger partial charge is 0.257 e. The molecule has 0 spiro atoms. The summed E-state index contributed by atoms with van der Waals surface area (Å²) in [5.74, 6) is -0.225. The van der Waals surface area contributed by atoms with Gasteiger partial charge in [0.15, 0.2) is 0 Å². The maximum Gasteiger partial charge on any atom is 0.257 e. The van der Waals surface area contributed by atoms with E-state index in [4.69, 9.17) is 11.6 Å². The van der Waals surface area contributed by atoms with Crippen molar-refractivity contribution in [3.8, 4) is 10.6 Å². The predicted molar refractivity (Wildman–Crippen MR) is 102 cm³/mol. The lowest BCUT2D eigenvalue weighted by atomic mass is 10.2. The molecule has 2 aromatic carbocycles. The fourth-order valence-corrected chi connectivity index (χ4v) is 3.49. The lowest BCUT2D eigenvalue weighted by Crippen LogP contribution is -2.11. The van der Waals surface area contributed by atoms with Crippen LogP contribution in [0.1, 0.15) is 10.4 Å². The maximum atomic E-state index is 12.2. The van der Waals surface area contributed by atoms with Crippen molar-refractivity contribution in [3.63, 3.8) is 0 Å². The van der Waals surface area contributed by atoms with Crippen molar-refractivity contribution in [1.29, 1.82) is 0 Å². The molecule has 25 heavy (non-hydrogen) atoms. The highest BCUT2D eigenvalue weighted by Crippen LogP contribution is 2.30. The van der Waals surface area contributed by atoms with E-state index in [9.17, 15) is 4.79 Å². The number of nitrogens with zero attached hydrogens (tertiary/aromatic N) is 2. The highest BCUT2D eigenvalue weighted by molar-refractivity contribution is 7.21. The largest absolute Gasteiger partial charge is 0.322 e. The van der Waals surface area contributed by atoms with E-state index in [1.54, 1.807) is 23.5 Å². The summed E-state index contributed by atoms with van der Waals surface area (Å²) in [6, 6.07) is 18.9. The van der Waals surface area contributed by atoms with Crippen LogP contribution >= 0.6 is 22.9 Å². The van der Waals surface area contributed by atoms with E-state index in [0.717, 1.165) is 20.8 Å². The van der Waals surface area contributed by atoms with E-state index in [1.807, 2.05) is 42.5 Å². The first-order chi connectivity index (χ1) is 12.2.